The molecule has 1 aromatic carbocycles. The summed E-state index contributed by atoms with van der Waals surface area (Å²) in [5.74, 6) is -0.486. The average molecular weight is 274 g/mol. The van der Waals surface area contributed by atoms with Crippen molar-refractivity contribution < 1.29 is 9.50 Å². The third-order valence-electron chi connectivity index (χ3n) is 3.36. The second-order valence-corrected chi connectivity index (χ2v) is 5.17. The highest BCUT2D eigenvalue weighted by Gasteiger charge is 2.26. The Labute approximate surface area is 113 Å². The lowest BCUT2D eigenvalue weighted by atomic mass is 9.84. The van der Waals surface area contributed by atoms with E-state index in [1.165, 1.54) is 12.1 Å². The van der Waals surface area contributed by atoms with Crippen LogP contribution in [0.3, 0.4) is 0 Å². The quantitative estimate of drug-likeness (QED) is 0.835. The number of aliphatic hydroxyl groups is 1. The van der Waals surface area contributed by atoms with E-state index < -0.39 is 6.10 Å². The predicted molar refractivity (Wildman–Crippen MR) is 73.3 cm³/mol. The number of hydrogen-bond donors (Lipinski definition) is 2. The third-order valence-corrected chi connectivity index (χ3v) is 3.68. The number of rotatable bonds is 6. The van der Waals surface area contributed by atoms with Crippen LogP contribution in [0.25, 0.3) is 0 Å². The van der Waals surface area contributed by atoms with Gasteiger partial charge in [-0.15, -0.1) is 0 Å². The lowest BCUT2D eigenvalue weighted by Crippen LogP contribution is -2.31. The summed E-state index contributed by atoms with van der Waals surface area (Å²) in [5, 5.41) is 10.7. The Kier molecular flexibility index (Phi) is 6.06. The number of benzene rings is 1. The molecule has 0 spiro atoms. The molecular weight excluding hydrogens is 253 g/mol. The predicted octanol–water partition coefficient (Wildman–Crippen LogP) is 3.32. The topological polar surface area (TPSA) is 46.2 Å². The van der Waals surface area contributed by atoms with Gasteiger partial charge in [0.25, 0.3) is 0 Å². The zero-order chi connectivity index (χ0) is 13.7. The smallest absolute Gasteiger partial charge is 0.124 e. The summed E-state index contributed by atoms with van der Waals surface area (Å²) in [5.41, 5.74) is 6.45. The fourth-order valence-corrected chi connectivity index (χ4v) is 2.58. The first-order chi connectivity index (χ1) is 8.51. The molecule has 102 valence electrons. The lowest BCUT2D eigenvalue weighted by molar-refractivity contribution is 0.0859. The van der Waals surface area contributed by atoms with Crippen LogP contribution in [0.2, 0.25) is 5.02 Å². The van der Waals surface area contributed by atoms with Gasteiger partial charge in [-0.1, -0.05) is 37.9 Å². The van der Waals surface area contributed by atoms with Crippen molar-refractivity contribution in [2.24, 2.45) is 11.7 Å². The van der Waals surface area contributed by atoms with Gasteiger partial charge in [-0.25, -0.2) is 4.39 Å². The van der Waals surface area contributed by atoms with Gasteiger partial charge < -0.3 is 10.8 Å². The highest BCUT2D eigenvalue weighted by molar-refractivity contribution is 6.31. The zero-order valence-corrected chi connectivity index (χ0v) is 11.6. The normalized spacial score (nSPS) is 16.3. The first-order valence-electron chi connectivity index (χ1n) is 6.34. The molecule has 0 fully saturated rings. The molecule has 2 nitrogen and oxygen atoms in total. The Balaban J connectivity index is 2.94. The molecule has 0 aliphatic heterocycles. The van der Waals surface area contributed by atoms with Crippen molar-refractivity contribution in [2.45, 2.75) is 38.7 Å². The minimum atomic E-state index is -0.557. The molecule has 4 heteroatoms. The van der Waals surface area contributed by atoms with Crippen molar-refractivity contribution >= 4 is 11.6 Å². The van der Waals surface area contributed by atoms with E-state index in [0.717, 1.165) is 18.4 Å². The van der Waals surface area contributed by atoms with E-state index in [1.807, 2.05) is 6.92 Å². The van der Waals surface area contributed by atoms with E-state index in [9.17, 15) is 9.50 Å². The number of nitrogens with two attached hydrogens (primary N) is 1. The molecule has 0 heterocycles. The first-order valence-corrected chi connectivity index (χ1v) is 6.72. The van der Waals surface area contributed by atoms with E-state index in [1.54, 1.807) is 6.07 Å². The van der Waals surface area contributed by atoms with Crippen LogP contribution in [-0.4, -0.2) is 17.8 Å². The van der Waals surface area contributed by atoms with Crippen LogP contribution in [0.4, 0.5) is 4.39 Å². The second-order valence-electron chi connectivity index (χ2n) is 4.76. The molecule has 0 aromatic heterocycles. The summed E-state index contributed by atoms with van der Waals surface area (Å²) < 4.78 is 13.0. The molecule has 18 heavy (non-hydrogen) atoms. The molecule has 3 unspecified atom stereocenters. The zero-order valence-electron chi connectivity index (χ0n) is 10.9. The highest BCUT2D eigenvalue weighted by Crippen LogP contribution is 2.31. The maximum absolute atomic E-state index is 13.0. The molecular formula is C14H21ClFNO. The average Bonchev–Trinajstić information content (AvgIpc) is 2.32. The minimum Gasteiger partial charge on any atom is -0.392 e. The van der Waals surface area contributed by atoms with Gasteiger partial charge in [0, 0.05) is 17.5 Å². The second kappa shape index (κ2) is 7.07. The van der Waals surface area contributed by atoms with Crippen molar-refractivity contribution in [3.63, 3.8) is 0 Å². The fourth-order valence-electron chi connectivity index (χ4n) is 2.28. The molecule has 1 rings (SSSR count). The standard InChI is InChI=1S/C14H21ClFNO/c1-3-4-9(2)14(18)12(8-17)11-6-5-10(16)7-13(11)15/h5-7,9,12,14,18H,3-4,8,17H2,1-2H3. The van der Waals surface area contributed by atoms with Gasteiger partial charge in [-0.3, -0.25) is 0 Å². The summed E-state index contributed by atoms with van der Waals surface area (Å²) in [7, 11) is 0. The van der Waals surface area contributed by atoms with Crippen LogP contribution in [0.1, 0.15) is 38.2 Å². The summed E-state index contributed by atoms with van der Waals surface area (Å²) in [6.07, 6.45) is 1.38. The van der Waals surface area contributed by atoms with Gasteiger partial charge in [0.15, 0.2) is 0 Å². The molecule has 0 radical (unpaired) electrons. The summed E-state index contributed by atoms with van der Waals surface area (Å²) in [6, 6.07) is 4.22. The molecule has 0 amide bonds. The van der Waals surface area contributed by atoms with Gasteiger partial charge in [0.1, 0.15) is 5.82 Å². The Morgan fingerprint density at radius 3 is 2.61 bits per heavy atom. The van der Waals surface area contributed by atoms with Crippen molar-refractivity contribution in [1.29, 1.82) is 0 Å². The van der Waals surface area contributed by atoms with Gasteiger partial charge in [0.05, 0.1) is 6.10 Å². The molecule has 3 N–H and O–H groups in total. The first kappa shape index (κ1) is 15.4. The van der Waals surface area contributed by atoms with E-state index in [0.29, 0.717) is 11.6 Å². The van der Waals surface area contributed by atoms with Gasteiger partial charge in [0.2, 0.25) is 0 Å². The SMILES string of the molecule is CCCC(C)C(O)C(CN)c1ccc(F)cc1Cl. The molecule has 0 aliphatic rings. The van der Waals surface area contributed by atoms with Crippen LogP contribution in [-0.2, 0) is 0 Å². The van der Waals surface area contributed by atoms with Crippen LogP contribution < -0.4 is 5.73 Å². The Morgan fingerprint density at radius 1 is 1.44 bits per heavy atom. The van der Waals surface area contributed by atoms with E-state index in [4.69, 9.17) is 17.3 Å². The van der Waals surface area contributed by atoms with Crippen LogP contribution in [0.15, 0.2) is 18.2 Å². The summed E-state index contributed by atoms with van der Waals surface area (Å²) >= 11 is 6.02. The monoisotopic (exact) mass is 273 g/mol. The number of aliphatic hydroxyl groups excluding tert-OH is 1. The van der Waals surface area contributed by atoms with Crippen LogP contribution in [0, 0.1) is 11.7 Å². The largest absolute Gasteiger partial charge is 0.392 e. The number of hydrogen-bond acceptors (Lipinski definition) is 2. The maximum atomic E-state index is 13.0. The fraction of sp³-hybridized carbons (Fsp3) is 0.571. The van der Waals surface area contributed by atoms with Crippen LogP contribution in [0.5, 0.6) is 0 Å². The van der Waals surface area contributed by atoms with Crippen molar-refractivity contribution in [3.05, 3.63) is 34.6 Å². The van der Waals surface area contributed by atoms with Gasteiger partial charge in [-0.05, 0) is 30.0 Å². The number of halogens is 2. The Morgan fingerprint density at radius 2 is 2.11 bits per heavy atom. The van der Waals surface area contributed by atoms with E-state index >= 15 is 0 Å². The van der Waals surface area contributed by atoms with Crippen LogP contribution >= 0.6 is 11.6 Å². The van der Waals surface area contributed by atoms with Crippen molar-refractivity contribution in [2.75, 3.05) is 6.54 Å². The van der Waals surface area contributed by atoms with E-state index in [2.05, 4.69) is 6.92 Å². The Bertz CT molecular complexity index is 386. The maximum Gasteiger partial charge on any atom is 0.124 e. The Hall–Kier alpha value is -0.640. The molecule has 1 aromatic rings. The van der Waals surface area contributed by atoms with Crippen molar-refractivity contribution in [3.8, 4) is 0 Å². The van der Waals surface area contributed by atoms with E-state index in [-0.39, 0.29) is 17.7 Å². The molecule has 0 bridgehead atoms. The third kappa shape index (κ3) is 3.67. The van der Waals surface area contributed by atoms with Crippen molar-refractivity contribution in [1.82, 2.24) is 0 Å². The summed E-state index contributed by atoms with van der Waals surface area (Å²) in [4.78, 5) is 0. The molecule has 3 atom stereocenters. The molecule has 0 saturated heterocycles. The summed E-state index contributed by atoms with van der Waals surface area (Å²) in [6.45, 7) is 4.36. The minimum absolute atomic E-state index is 0.143. The highest BCUT2D eigenvalue weighted by atomic mass is 35.5. The lowest BCUT2D eigenvalue weighted by Gasteiger charge is -2.27. The van der Waals surface area contributed by atoms with Gasteiger partial charge >= 0.3 is 0 Å². The van der Waals surface area contributed by atoms with Gasteiger partial charge in [-0.2, -0.15) is 0 Å². The molecule has 0 saturated carbocycles. The molecule has 0 aliphatic carbocycles.